The predicted octanol–water partition coefficient (Wildman–Crippen LogP) is -0.240. The highest BCUT2D eigenvalue weighted by molar-refractivity contribution is 6.20. The number of nitrogens with one attached hydrogen (secondary N) is 2. The van der Waals surface area contributed by atoms with E-state index in [0.29, 0.717) is 12.8 Å². The third kappa shape index (κ3) is 2.45. The molecule has 0 atom stereocenters. The maximum Gasteiger partial charge on any atom is 0.330 e. The van der Waals surface area contributed by atoms with Gasteiger partial charge >= 0.3 is 6.03 Å². The smallest absolute Gasteiger partial charge is 0.330 e. The number of imide groups is 2. The molecule has 0 aromatic heterocycles. The summed E-state index contributed by atoms with van der Waals surface area (Å²) in [5.74, 6) is -1.21. The van der Waals surface area contributed by atoms with E-state index in [0.717, 1.165) is 4.90 Å². The lowest BCUT2D eigenvalue weighted by Gasteiger charge is -2.30. The molecule has 0 aromatic carbocycles. The third-order valence-corrected chi connectivity index (χ3v) is 3.32. The Morgan fingerprint density at radius 2 is 2.00 bits per heavy atom. The first kappa shape index (κ1) is 13.5. The van der Waals surface area contributed by atoms with Crippen molar-refractivity contribution in [2.75, 3.05) is 6.54 Å². The first-order chi connectivity index (χ1) is 8.86. The summed E-state index contributed by atoms with van der Waals surface area (Å²) in [6.07, 6.45) is 0.987. The van der Waals surface area contributed by atoms with E-state index in [9.17, 15) is 19.2 Å². The highest BCUT2D eigenvalue weighted by Crippen LogP contribution is 2.48. The van der Waals surface area contributed by atoms with E-state index >= 15 is 0 Å². The van der Waals surface area contributed by atoms with Crippen molar-refractivity contribution in [2.45, 2.75) is 39.2 Å². The van der Waals surface area contributed by atoms with Crippen LogP contribution < -0.4 is 10.6 Å². The zero-order chi connectivity index (χ0) is 14.2. The van der Waals surface area contributed by atoms with Crippen molar-refractivity contribution in [3.8, 4) is 0 Å². The van der Waals surface area contributed by atoms with E-state index in [1.165, 1.54) is 0 Å². The van der Waals surface area contributed by atoms with Crippen molar-refractivity contribution in [1.82, 2.24) is 15.5 Å². The van der Waals surface area contributed by atoms with Gasteiger partial charge in [-0.1, -0.05) is 0 Å². The van der Waals surface area contributed by atoms with E-state index in [2.05, 4.69) is 10.6 Å². The SMILES string of the molecule is CC(C)NC(=O)CCN1C(=O)NC(=O)C2(CC2)C1=O. The van der Waals surface area contributed by atoms with E-state index in [1.807, 2.05) is 13.8 Å². The fourth-order valence-electron chi connectivity index (χ4n) is 2.11. The number of nitrogens with zero attached hydrogens (tertiary/aromatic N) is 1. The Morgan fingerprint density at radius 3 is 2.53 bits per heavy atom. The fourth-order valence-corrected chi connectivity index (χ4v) is 2.11. The molecule has 19 heavy (non-hydrogen) atoms. The molecule has 7 heteroatoms. The van der Waals surface area contributed by atoms with Crippen LogP contribution in [0.1, 0.15) is 33.1 Å². The molecule has 1 saturated heterocycles. The monoisotopic (exact) mass is 267 g/mol. The minimum Gasteiger partial charge on any atom is -0.354 e. The number of carbonyl (C=O) groups is 4. The number of hydrogen-bond donors (Lipinski definition) is 2. The second kappa shape index (κ2) is 4.64. The van der Waals surface area contributed by atoms with E-state index < -0.39 is 23.3 Å². The Bertz CT molecular complexity index is 454. The van der Waals surface area contributed by atoms with Crippen molar-refractivity contribution in [3.63, 3.8) is 0 Å². The first-order valence-corrected chi connectivity index (χ1v) is 6.33. The van der Waals surface area contributed by atoms with Gasteiger partial charge in [0.25, 0.3) is 0 Å². The molecule has 5 amide bonds. The zero-order valence-electron chi connectivity index (χ0n) is 11.0. The molecular weight excluding hydrogens is 250 g/mol. The molecule has 0 unspecified atom stereocenters. The number of urea groups is 1. The highest BCUT2D eigenvalue weighted by atomic mass is 16.2. The lowest BCUT2D eigenvalue weighted by molar-refractivity contribution is -0.144. The third-order valence-electron chi connectivity index (χ3n) is 3.32. The Kier molecular flexibility index (Phi) is 3.30. The Hall–Kier alpha value is -1.92. The van der Waals surface area contributed by atoms with Crippen LogP contribution in [-0.2, 0) is 14.4 Å². The molecule has 104 valence electrons. The topological polar surface area (TPSA) is 95.6 Å². The van der Waals surface area contributed by atoms with E-state index in [1.54, 1.807) is 0 Å². The van der Waals surface area contributed by atoms with Gasteiger partial charge in [-0.3, -0.25) is 24.6 Å². The summed E-state index contributed by atoms with van der Waals surface area (Å²) >= 11 is 0. The average molecular weight is 267 g/mol. The molecule has 7 nitrogen and oxygen atoms in total. The molecule has 2 fully saturated rings. The lowest BCUT2D eigenvalue weighted by atomic mass is 10.0. The first-order valence-electron chi connectivity index (χ1n) is 6.33. The molecule has 2 rings (SSSR count). The van der Waals surface area contributed by atoms with Gasteiger partial charge in [-0.25, -0.2) is 4.79 Å². The van der Waals surface area contributed by atoms with Crippen molar-refractivity contribution in [2.24, 2.45) is 5.41 Å². The molecule has 2 aliphatic rings. The van der Waals surface area contributed by atoms with Crippen LogP contribution in [0.25, 0.3) is 0 Å². The van der Waals surface area contributed by atoms with Crippen LogP contribution in [0.2, 0.25) is 0 Å². The van der Waals surface area contributed by atoms with Crippen LogP contribution in [0.4, 0.5) is 4.79 Å². The Morgan fingerprint density at radius 1 is 1.37 bits per heavy atom. The molecular formula is C12H17N3O4. The molecule has 1 spiro atoms. The average Bonchev–Trinajstić information content (AvgIpc) is 3.07. The van der Waals surface area contributed by atoms with Crippen LogP contribution >= 0.6 is 0 Å². The number of carbonyl (C=O) groups excluding carboxylic acids is 4. The van der Waals surface area contributed by atoms with Gasteiger partial charge in [0.05, 0.1) is 0 Å². The molecule has 1 saturated carbocycles. The standard InChI is InChI=1S/C12H17N3O4/c1-7(2)13-8(16)3-6-15-10(18)12(4-5-12)9(17)14-11(15)19/h7H,3-6H2,1-2H3,(H,13,16)(H,14,17,19). The minimum absolute atomic E-state index is 0.00174. The van der Waals surface area contributed by atoms with Crippen molar-refractivity contribution < 1.29 is 19.2 Å². The summed E-state index contributed by atoms with van der Waals surface area (Å²) < 4.78 is 0. The van der Waals surface area contributed by atoms with Crippen LogP contribution in [0, 0.1) is 5.41 Å². The highest BCUT2D eigenvalue weighted by Gasteiger charge is 2.62. The Labute approximate surface area is 110 Å². The lowest BCUT2D eigenvalue weighted by Crippen LogP contribution is -2.59. The van der Waals surface area contributed by atoms with Gasteiger partial charge in [0.1, 0.15) is 5.41 Å². The fraction of sp³-hybridized carbons (Fsp3) is 0.667. The van der Waals surface area contributed by atoms with Crippen molar-refractivity contribution >= 4 is 23.8 Å². The maximum atomic E-state index is 12.1. The molecule has 2 N–H and O–H groups in total. The summed E-state index contributed by atoms with van der Waals surface area (Å²) in [4.78, 5) is 47.7. The summed E-state index contributed by atoms with van der Waals surface area (Å²) in [5, 5.41) is 4.85. The maximum absolute atomic E-state index is 12.1. The van der Waals surface area contributed by atoms with Gasteiger partial charge in [-0.05, 0) is 26.7 Å². The van der Waals surface area contributed by atoms with E-state index in [4.69, 9.17) is 0 Å². The predicted molar refractivity (Wildman–Crippen MR) is 64.8 cm³/mol. The zero-order valence-corrected chi connectivity index (χ0v) is 11.0. The van der Waals surface area contributed by atoms with Crippen LogP contribution in [0.15, 0.2) is 0 Å². The largest absolute Gasteiger partial charge is 0.354 e. The van der Waals surface area contributed by atoms with Gasteiger partial charge in [-0.15, -0.1) is 0 Å². The minimum atomic E-state index is -1.04. The molecule has 0 aromatic rings. The Balaban J connectivity index is 1.96. The summed E-state index contributed by atoms with van der Waals surface area (Å²) in [6, 6.07) is -0.723. The number of rotatable bonds is 4. The number of hydrogen-bond acceptors (Lipinski definition) is 4. The van der Waals surface area contributed by atoms with Gasteiger partial charge in [0.2, 0.25) is 17.7 Å². The molecule has 1 aliphatic carbocycles. The van der Waals surface area contributed by atoms with Crippen LogP contribution in [0.5, 0.6) is 0 Å². The van der Waals surface area contributed by atoms with Crippen LogP contribution in [-0.4, -0.2) is 41.2 Å². The van der Waals surface area contributed by atoms with Gasteiger partial charge in [-0.2, -0.15) is 0 Å². The summed E-state index contributed by atoms with van der Waals surface area (Å²) in [6.45, 7) is 3.65. The second-order valence-corrected chi connectivity index (χ2v) is 5.27. The number of barbiturate groups is 1. The second-order valence-electron chi connectivity index (χ2n) is 5.27. The molecule has 0 radical (unpaired) electrons. The quantitative estimate of drug-likeness (QED) is 0.687. The van der Waals surface area contributed by atoms with Crippen LogP contribution in [0.3, 0.4) is 0 Å². The van der Waals surface area contributed by atoms with Gasteiger partial charge in [0.15, 0.2) is 0 Å². The van der Waals surface area contributed by atoms with Gasteiger partial charge in [0, 0.05) is 19.0 Å². The normalized spacial score (nSPS) is 20.8. The molecule has 1 heterocycles. The molecule has 1 aliphatic heterocycles. The van der Waals surface area contributed by atoms with Gasteiger partial charge < -0.3 is 5.32 Å². The number of amides is 5. The van der Waals surface area contributed by atoms with E-state index in [-0.39, 0.29) is 24.9 Å². The molecule has 0 bridgehead atoms. The van der Waals surface area contributed by atoms with Crippen molar-refractivity contribution in [3.05, 3.63) is 0 Å². The van der Waals surface area contributed by atoms with Crippen molar-refractivity contribution in [1.29, 1.82) is 0 Å². The summed E-state index contributed by atoms with van der Waals surface area (Å²) in [5.41, 5.74) is -1.04. The summed E-state index contributed by atoms with van der Waals surface area (Å²) in [7, 11) is 0.